The van der Waals surface area contributed by atoms with Gasteiger partial charge in [-0.05, 0) is 104 Å². The van der Waals surface area contributed by atoms with Crippen molar-refractivity contribution in [2.45, 2.75) is 64.6 Å². The third-order valence-electron chi connectivity index (χ3n) is 6.72. The molecule has 1 aliphatic rings. The highest BCUT2D eigenvalue weighted by atomic mass is 35.5. The van der Waals surface area contributed by atoms with E-state index in [4.69, 9.17) is 16.3 Å². The molecule has 4 rings (SSSR count). The van der Waals surface area contributed by atoms with E-state index in [1.54, 1.807) is 13.8 Å². The highest BCUT2D eigenvalue weighted by molar-refractivity contribution is 6.56. The topological polar surface area (TPSA) is 29.5 Å². The van der Waals surface area contributed by atoms with Crippen LogP contribution in [-0.4, -0.2) is 23.8 Å². The first-order chi connectivity index (χ1) is 14.1. The first-order valence-electron chi connectivity index (χ1n) is 10.8. The van der Waals surface area contributed by atoms with E-state index in [1.807, 2.05) is 19.9 Å². The van der Waals surface area contributed by atoms with Crippen molar-refractivity contribution in [1.82, 2.24) is 0 Å². The fraction of sp³-hybridized carbons (Fsp3) is 0.385. The average molecular weight is 421 g/mol. The minimum Gasteiger partial charge on any atom is -0.427 e. The van der Waals surface area contributed by atoms with Crippen LogP contribution in [0.2, 0.25) is 5.02 Å². The first kappa shape index (κ1) is 21.4. The molecule has 30 heavy (non-hydrogen) atoms. The number of aliphatic hydroxyl groups is 1. The van der Waals surface area contributed by atoms with Gasteiger partial charge in [-0.25, -0.2) is 0 Å². The highest BCUT2D eigenvalue weighted by Crippen LogP contribution is 2.45. The normalized spacial score (nSPS) is 14.9. The summed E-state index contributed by atoms with van der Waals surface area (Å²) in [4.78, 5) is 0. The molecule has 4 heteroatoms. The molecule has 0 atom stereocenters. The Bertz CT molecular complexity index is 1090. The Morgan fingerprint density at radius 2 is 1.63 bits per heavy atom. The Kier molecular flexibility index (Phi) is 5.51. The van der Waals surface area contributed by atoms with Crippen LogP contribution in [-0.2, 0) is 4.65 Å². The van der Waals surface area contributed by atoms with Crippen molar-refractivity contribution in [2.75, 3.05) is 0 Å². The van der Waals surface area contributed by atoms with Gasteiger partial charge in [-0.2, -0.15) is 0 Å². The van der Waals surface area contributed by atoms with Gasteiger partial charge in [0.2, 0.25) is 0 Å². The molecule has 3 aromatic rings. The van der Waals surface area contributed by atoms with E-state index >= 15 is 0 Å². The fourth-order valence-corrected chi connectivity index (χ4v) is 4.10. The van der Waals surface area contributed by atoms with Crippen LogP contribution >= 0.6 is 11.6 Å². The Hall–Kier alpha value is -1.81. The summed E-state index contributed by atoms with van der Waals surface area (Å²) in [5.41, 5.74) is 4.36. The molecule has 0 aliphatic heterocycles. The maximum Gasteiger partial charge on any atom is 0.311 e. The van der Waals surface area contributed by atoms with Crippen LogP contribution in [0, 0.1) is 6.92 Å². The summed E-state index contributed by atoms with van der Waals surface area (Å²) in [5.74, 6) is 0.587. The Morgan fingerprint density at radius 1 is 1.00 bits per heavy atom. The lowest BCUT2D eigenvalue weighted by atomic mass is 9.75. The van der Waals surface area contributed by atoms with E-state index in [1.165, 1.54) is 45.9 Å². The van der Waals surface area contributed by atoms with Gasteiger partial charge in [0, 0.05) is 5.02 Å². The first-order valence-corrected chi connectivity index (χ1v) is 11.1. The zero-order valence-electron chi connectivity index (χ0n) is 18.6. The Morgan fingerprint density at radius 3 is 2.23 bits per heavy atom. The molecule has 0 amide bonds. The molecule has 1 N–H and O–H groups in total. The molecule has 0 aromatic heterocycles. The van der Waals surface area contributed by atoms with Crippen LogP contribution in [0.3, 0.4) is 0 Å². The van der Waals surface area contributed by atoms with Gasteiger partial charge in [0.15, 0.2) is 0 Å². The van der Waals surface area contributed by atoms with Crippen LogP contribution < -0.4 is 5.46 Å². The van der Waals surface area contributed by atoms with Gasteiger partial charge in [0.1, 0.15) is 0 Å². The lowest BCUT2D eigenvalue weighted by Crippen LogP contribution is -2.49. The summed E-state index contributed by atoms with van der Waals surface area (Å²) >= 11 is 6.75. The summed E-state index contributed by atoms with van der Waals surface area (Å²) < 4.78 is 6.27. The predicted molar refractivity (Wildman–Crippen MR) is 129 cm³/mol. The summed E-state index contributed by atoms with van der Waals surface area (Å²) in [6, 6.07) is 17.2. The van der Waals surface area contributed by atoms with Gasteiger partial charge in [0.05, 0.1) is 11.2 Å². The summed E-state index contributed by atoms with van der Waals surface area (Å²) in [6.07, 6.45) is 2.44. The standard InChI is InChI=1S/C26H30BClO2/c1-16-14-18-8-6-7-9-19(18)15-21(16)23-20(17-10-11-17)12-13-22(28)24(23)27-30-26(4,5)25(2,3)29/h6-9,12-15,17,27,29H,10-11H2,1-5H3. The molecule has 0 unspecified atom stereocenters. The fourth-order valence-electron chi connectivity index (χ4n) is 3.89. The molecule has 3 aromatic carbocycles. The number of fused-ring (bicyclic) bond motifs is 1. The van der Waals surface area contributed by atoms with E-state index in [2.05, 4.69) is 49.4 Å². The van der Waals surface area contributed by atoms with Gasteiger partial charge in [-0.15, -0.1) is 0 Å². The van der Waals surface area contributed by atoms with Crippen molar-refractivity contribution in [3.05, 3.63) is 64.7 Å². The van der Waals surface area contributed by atoms with Gasteiger partial charge in [-0.3, -0.25) is 0 Å². The second-order valence-electron chi connectivity index (χ2n) is 9.64. The lowest BCUT2D eigenvalue weighted by Gasteiger charge is -2.38. The zero-order valence-corrected chi connectivity index (χ0v) is 19.3. The largest absolute Gasteiger partial charge is 0.427 e. The van der Waals surface area contributed by atoms with E-state index in [0.29, 0.717) is 18.4 Å². The molecular weight excluding hydrogens is 391 g/mol. The number of rotatable bonds is 6. The Balaban J connectivity index is 1.86. The second kappa shape index (κ2) is 7.71. The van der Waals surface area contributed by atoms with Crippen LogP contribution in [0.1, 0.15) is 57.6 Å². The molecule has 1 aliphatic carbocycles. The molecule has 2 nitrogen and oxygen atoms in total. The third-order valence-corrected chi connectivity index (χ3v) is 7.07. The van der Waals surface area contributed by atoms with Crippen molar-refractivity contribution in [2.24, 2.45) is 0 Å². The molecule has 1 saturated carbocycles. The molecule has 0 heterocycles. The smallest absolute Gasteiger partial charge is 0.311 e. The quantitative estimate of drug-likeness (QED) is 0.504. The zero-order chi connectivity index (χ0) is 21.7. The van der Waals surface area contributed by atoms with Crippen LogP contribution in [0.15, 0.2) is 48.5 Å². The molecular formula is C26H30BClO2. The minimum absolute atomic E-state index is 0.359. The summed E-state index contributed by atoms with van der Waals surface area (Å²) in [7, 11) is 0.359. The van der Waals surface area contributed by atoms with E-state index < -0.39 is 11.2 Å². The van der Waals surface area contributed by atoms with Gasteiger partial charge in [-0.1, -0.05) is 48.0 Å². The van der Waals surface area contributed by atoms with Crippen LogP contribution in [0.5, 0.6) is 0 Å². The SMILES string of the molecule is Cc1cc2ccccc2cc1-c1c(C2CC2)ccc(Cl)c1BOC(C)(C)C(C)(C)O. The highest BCUT2D eigenvalue weighted by Gasteiger charge is 2.37. The van der Waals surface area contributed by atoms with Crippen molar-refractivity contribution < 1.29 is 9.76 Å². The number of aryl methyl sites for hydroxylation is 1. The number of benzene rings is 3. The van der Waals surface area contributed by atoms with E-state index in [9.17, 15) is 5.11 Å². The monoisotopic (exact) mass is 420 g/mol. The second-order valence-corrected chi connectivity index (χ2v) is 10.0. The average Bonchev–Trinajstić information content (AvgIpc) is 3.50. The van der Waals surface area contributed by atoms with Gasteiger partial charge in [0.25, 0.3) is 0 Å². The van der Waals surface area contributed by atoms with Gasteiger partial charge < -0.3 is 9.76 Å². The molecule has 0 radical (unpaired) electrons. The van der Waals surface area contributed by atoms with E-state index in [-0.39, 0.29) is 0 Å². The number of hydrogen-bond acceptors (Lipinski definition) is 2. The maximum absolute atomic E-state index is 10.5. The predicted octanol–water partition coefficient (Wildman–Crippen LogP) is 5.89. The maximum atomic E-state index is 10.5. The van der Waals surface area contributed by atoms with Crippen molar-refractivity contribution in [3.8, 4) is 11.1 Å². The summed E-state index contributed by atoms with van der Waals surface area (Å²) in [6.45, 7) is 9.58. The van der Waals surface area contributed by atoms with Crippen molar-refractivity contribution >= 4 is 35.3 Å². The van der Waals surface area contributed by atoms with Crippen molar-refractivity contribution in [1.29, 1.82) is 0 Å². The van der Waals surface area contributed by atoms with Crippen LogP contribution in [0.25, 0.3) is 21.9 Å². The molecule has 1 fully saturated rings. The lowest BCUT2D eigenvalue weighted by molar-refractivity contribution is -0.0893. The third kappa shape index (κ3) is 4.03. The van der Waals surface area contributed by atoms with Crippen molar-refractivity contribution in [3.63, 3.8) is 0 Å². The van der Waals surface area contributed by atoms with E-state index in [0.717, 1.165) is 5.46 Å². The molecule has 156 valence electrons. The summed E-state index contributed by atoms with van der Waals surface area (Å²) in [5, 5.41) is 13.7. The van der Waals surface area contributed by atoms with Gasteiger partial charge >= 0.3 is 7.48 Å². The van der Waals surface area contributed by atoms with Crippen LogP contribution in [0.4, 0.5) is 0 Å². The number of hydrogen-bond donors (Lipinski definition) is 1. The molecule has 0 saturated heterocycles. The molecule has 0 bridgehead atoms. The Labute approximate surface area is 185 Å². The molecule has 0 spiro atoms. The minimum atomic E-state index is -0.966. The number of halogens is 1.